The van der Waals surface area contributed by atoms with E-state index in [1.54, 1.807) is 11.3 Å². The Hall–Kier alpha value is -2.05. The van der Waals surface area contributed by atoms with E-state index in [4.69, 9.17) is 9.47 Å². The normalized spacial score (nSPS) is 21.0. The molecule has 1 aromatic carbocycles. The number of fused-ring (bicyclic) bond motifs is 1. The number of nitrogens with one attached hydrogen (secondary N) is 1. The highest BCUT2D eigenvalue weighted by Crippen LogP contribution is 2.36. The van der Waals surface area contributed by atoms with Gasteiger partial charge in [0.1, 0.15) is 0 Å². The molecule has 2 aliphatic heterocycles. The maximum atomic E-state index is 12.7. The van der Waals surface area contributed by atoms with Crippen LogP contribution in [0.4, 0.5) is 5.69 Å². The predicted molar refractivity (Wildman–Crippen MR) is 93.7 cm³/mol. The van der Waals surface area contributed by atoms with Crippen LogP contribution in [0.15, 0.2) is 35.0 Å². The van der Waals surface area contributed by atoms with Crippen molar-refractivity contribution in [1.29, 1.82) is 0 Å². The summed E-state index contributed by atoms with van der Waals surface area (Å²) in [5, 5.41) is 7.29. The van der Waals surface area contributed by atoms with Crippen molar-refractivity contribution in [2.24, 2.45) is 0 Å². The van der Waals surface area contributed by atoms with Gasteiger partial charge in [-0.2, -0.15) is 11.3 Å². The number of rotatable bonds is 4. The van der Waals surface area contributed by atoms with Gasteiger partial charge in [-0.3, -0.25) is 9.69 Å². The number of anilines is 1. The zero-order valence-electron chi connectivity index (χ0n) is 13.5. The number of carbonyl (C=O) groups is 1. The lowest BCUT2D eigenvalue weighted by atomic mass is 10.1. The monoisotopic (exact) mass is 344 g/mol. The number of amides is 1. The van der Waals surface area contributed by atoms with Crippen LogP contribution >= 0.6 is 11.3 Å². The Morgan fingerprint density at radius 1 is 1.33 bits per heavy atom. The molecule has 5 nitrogen and oxygen atoms in total. The smallest absolute Gasteiger partial charge is 0.241 e. The average Bonchev–Trinajstić information content (AvgIpc) is 3.32. The molecule has 1 N–H and O–H groups in total. The van der Waals surface area contributed by atoms with Crippen LogP contribution in [0.3, 0.4) is 0 Å². The van der Waals surface area contributed by atoms with Crippen LogP contribution in [0.5, 0.6) is 11.5 Å². The summed E-state index contributed by atoms with van der Waals surface area (Å²) in [4.78, 5) is 15.0. The molecule has 2 aliphatic rings. The first-order valence-electron chi connectivity index (χ1n) is 8.21. The molecule has 1 fully saturated rings. The average molecular weight is 344 g/mol. The summed E-state index contributed by atoms with van der Waals surface area (Å²) in [5.74, 6) is 1.41. The quantitative estimate of drug-likeness (QED) is 0.920. The molecule has 1 amide bonds. The van der Waals surface area contributed by atoms with Gasteiger partial charge in [0.05, 0.1) is 6.04 Å². The van der Waals surface area contributed by atoms with Gasteiger partial charge in [0.2, 0.25) is 12.7 Å². The minimum absolute atomic E-state index is 0.0102. The Bertz CT molecular complexity index is 732. The first-order chi connectivity index (χ1) is 11.7. The molecule has 0 aliphatic carbocycles. The minimum Gasteiger partial charge on any atom is -0.454 e. The van der Waals surface area contributed by atoms with Crippen LogP contribution in [-0.4, -0.2) is 30.2 Å². The maximum absolute atomic E-state index is 12.7. The Morgan fingerprint density at radius 2 is 2.21 bits per heavy atom. The van der Waals surface area contributed by atoms with E-state index in [0.717, 1.165) is 30.8 Å². The van der Waals surface area contributed by atoms with Gasteiger partial charge in [0.25, 0.3) is 0 Å². The molecule has 0 unspecified atom stereocenters. The second-order valence-electron chi connectivity index (χ2n) is 6.19. The van der Waals surface area contributed by atoms with Crippen molar-refractivity contribution in [3.05, 3.63) is 40.6 Å². The molecule has 0 bridgehead atoms. The van der Waals surface area contributed by atoms with Crippen molar-refractivity contribution in [3.63, 3.8) is 0 Å². The van der Waals surface area contributed by atoms with Gasteiger partial charge in [-0.05, 0) is 60.8 Å². The molecule has 3 heterocycles. The standard InChI is InChI=1S/C18H20N2O3S/c1-12(20-7-2-3-15(20)13-6-8-24-10-13)18(21)19-14-4-5-16-17(9-14)23-11-22-16/h4-6,8-10,12,15H,2-3,7,11H2,1H3,(H,19,21)/t12-,15+/m1/s1. The second kappa shape index (κ2) is 6.45. The van der Waals surface area contributed by atoms with E-state index in [9.17, 15) is 4.79 Å². The molecule has 0 radical (unpaired) electrons. The molecule has 1 saturated heterocycles. The van der Waals surface area contributed by atoms with Gasteiger partial charge in [-0.15, -0.1) is 0 Å². The Morgan fingerprint density at radius 3 is 3.04 bits per heavy atom. The van der Waals surface area contributed by atoms with Gasteiger partial charge in [0.15, 0.2) is 11.5 Å². The lowest BCUT2D eigenvalue weighted by Crippen LogP contribution is -2.41. The number of benzene rings is 1. The lowest BCUT2D eigenvalue weighted by molar-refractivity contribution is -0.121. The summed E-state index contributed by atoms with van der Waals surface area (Å²) in [5.41, 5.74) is 2.06. The van der Waals surface area contributed by atoms with Gasteiger partial charge in [0, 0.05) is 17.8 Å². The molecule has 2 aromatic rings. The number of ether oxygens (including phenoxy) is 2. The van der Waals surface area contributed by atoms with E-state index in [1.165, 1.54) is 5.56 Å². The Kier molecular flexibility index (Phi) is 4.16. The molecule has 1 aromatic heterocycles. The first-order valence-corrected chi connectivity index (χ1v) is 9.15. The fourth-order valence-electron chi connectivity index (χ4n) is 3.45. The van der Waals surface area contributed by atoms with Gasteiger partial charge >= 0.3 is 0 Å². The minimum atomic E-state index is -0.178. The molecule has 4 rings (SSSR count). The Labute approximate surface area is 145 Å². The van der Waals surface area contributed by atoms with E-state index < -0.39 is 0 Å². The van der Waals surface area contributed by atoms with Crippen LogP contribution in [-0.2, 0) is 4.79 Å². The van der Waals surface area contributed by atoms with Crippen molar-refractivity contribution >= 4 is 22.9 Å². The van der Waals surface area contributed by atoms with Crippen LogP contribution in [0.25, 0.3) is 0 Å². The number of hydrogen-bond acceptors (Lipinski definition) is 5. The fraction of sp³-hybridized carbons (Fsp3) is 0.389. The first kappa shape index (κ1) is 15.5. The lowest BCUT2D eigenvalue weighted by Gasteiger charge is -2.29. The summed E-state index contributed by atoms with van der Waals surface area (Å²) >= 11 is 1.71. The molecule has 6 heteroatoms. The summed E-state index contributed by atoms with van der Waals surface area (Å²) in [6, 6.07) is 7.81. The van der Waals surface area contributed by atoms with E-state index in [2.05, 4.69) is 27.0 Å². The zero-order valence-corrected chi connectivity index (χ0v) is 14.3. The van der Waals surface area contributed by atoms with Gasteiger partial charge in [-0.1, -0.05) is 0 Å². The summed E-state index contributed by atoms with van der Waals surface area (Å²) in [7, 11) is 0. The van der Waals surface area contributed by atoms with E-state index in [1.807, 2.05) is 25.1 Å². The molecule has 0 saturated carbocycles. The predicted octanol–water partition coefficient (Wildman–Crippen LogP) is 3.64. The number of nitrogens with zero attached hydrogens (tertiary/aromatic N) is 1. The summed E-state index contributed by atoms with van der Waals surface area (Å²) in [6.45, 7) is 3.17. The highest BCUT2D eigenvalue weighted by molar-refractivity contribution is 7.07. The van der Waals surface area contributed by atoms with Crippen LogP contribution in [0.1, 0.15) is 31.4 Å². The van der Waals surface area contributed by atoms with Crippen molar-refractivity contribution in [3.8, 4) is 11.5 Å². The molecule has 0 spiro atoms. The summed E-state index contributed by atoms with van der Waals surface area (Å²) in [6.07, 6.45) is 2.24. The van der Waals surface area contributed by atoms with Crippen molar-refractivity contribution in [1.82, 2.24) is 4.90 Å². The van der Waals surface area contributed by atoms with Crippen molar-refractivity contribution in [2.45, 2.75) is 31.8 Å². The van der Waals surface area contributed by atoms with Crippen LogP contribution in [0.2, 0.25) is 0 Å². The largest absolute Gasteiger partial charge is 0.454 e. The number of thiophene rings is 1. The highest BCUT2D eigenvalue weighted by Gasteiger charge is 2.33. The molecule has 2 atom stereocenters. The SMILES string of the molecule is C[C@H](C(=O)Nc1ccc2c(c1)OCO2)N1CCC[C@H]1c1ccsc1. The third-order valence-corrected chi connectivity index (χ3v) is 5.44. The zero-order chi connectivity index (χ0) is 16.5. The van der Waals surface area contributed by atoms with Crippen molar-refractivity contribution < 1.29 is 14.3 Å². The third-order valence-electron chi connectivity index (χ3n) is 4.74. The Balaban J connectivity index is 1.46. The van der Waals surface area contributed by atoms with E-state index in [0.29, 0.717) is 11.8 Å². The maximum Gasteiger partial charge on any atom is 0.241 e. The number of likely N-dealkylation sites (tertiary alicyclic amines) is 1. The number of carbonyl (C=O) groups excluding carboxylic acids is 1. The van der Waals surface area contributed by atoms with Crippen LogP contribution in [0, 0.1) is 0 Å². The van der Waals surface area contributed by atoms with Gasteiger partial charge < -0.3 is 14.8 Å². The highest BCUT2D eigenvalue weighted by atomic mass is 32.1. The second-order valence-corrected chi connectivity index (χ2v) is 6.97. The topological polar surface area (TPSA) is 50.8 Å². The van der Waals surface area contributed by atoms with Gasteiger partial charge in [-0.25, -0.2) is 0 Å². The van der Waals surface area contributed by atoms with E-state index >= 15 is 0 Å². The molecular formula is C18H20N2O3S. The molecule has 24 heavy (non-hydrogen) atoms. The van der Waals surface area contributed by atoms with Crippen LogP contribution < -0.4 is 14.8 Å². The van der Waals surface area contributed by atoms with E-state index in [-0.39, 0.29) is 18.7 Å². The molecular weight excluding hydrogens is 324 g/mol. The van der Waals surface area contributed by atoms with Crippen molar-refractivity contribution in [2.75, 3.05) is 18.7 Å². The third kappa shape index (κ3) is 2.87. The number of hydrogen-bond donors (Lipinski definition) is 1. The summed E-state index contributed by atoms with van der Waals surface area (Å²) < 4.78 is 10.7. The molecule has 126 valence electrons. The fourth-order valence-corrected chi connectivity index (χ4v) is 4.15.